The van der Waals surface area contributed by atoms with E-state index in [1.165, 1.54) is 6.07 Å². The summed E-state index contributed by atoms with van der Waals surface area (Å²) in [5, 5.41) is 6.81. The van der Waals surface area contributed by atoms with Crippen LogP contribution in [0.3, 0.4) is 0 Å². The van der Waals surface area contributed by atoms with Crippen LogP contribution in [0.2, 0.25) is 0 Å². The number of alkyl halides is 2. The van der Waals surface area contributed by atoms with Gasteiger partial charge in [0.1, 0.15) is 11.4 Å². The lowest BCUT2D eigenvalue weighted by Crippen LogP contribution is -2.26. The second kappa shape index (κ2) is 7.42. The number of benzene rings is 2. The van der Waals surface area contributed by atoms with Crippen LogP contribution in [0, 0.1) is 6.92 Å². The fraction of sp³-hybridized carbons (Fsp3) is 0.238. The lowest BCUT2D eigenvalue weighted by atomic mass is 10.1. The molecule has 0 bridgehead atoms. The van der Waals surface area contributed by atoms with Crippen molar-refractivity contribution < 1.29 is 22.8 Å². The van der Waals surface area contributed by atoms with Crippen molar-refractivity contribution in [2.45, 2.75) is 31.9 Å². The molecule has 3 aromatic rings. The number of hydrogen-bond acceptors (Lipinski definition) is 4. The van der Waals surface area contributed by atoms with E-state index in [0.717, 1.165) is 11.1 Å². The van der Waals surface area contributed by atoms with Gasteiger partial charge in [0, 0.05) is 23.6 Å². The molecule has 0 spiro atoms. The van der Waals surface area contributed by atoms with E-state index in [0.29, 0.717) is 17.7 Å². The zero-order chi connectivity index (χ0) is 19.7. The molecule has 5 nitrogen and oxygen atoms in total. The van der Waals surface area contributed by atoms with Crippen LogP contribution >= 0.6 is 0 Å². The maximum absolute atomic E-state index is 12.6. The van der Waals surface area contributed by atoms with E-state index in [1.54, 1.807) is 24.3 Å². The smallest absolute Gasteiger partial charge is 0.387 e. The Kier molecular flexibility index (Phi) is 4.81. The van der Waals surface area contributed by atoms with E-state index in [9.17, 15) is 13.6 Å². The van der Waals surface area contributed by atoms with Crippen LogP contribution < -0.4 is 10.1 Å². The highest BCUT2D eigenvalue weighted by Crippen LogP contribution is 2.45. The molecule has 1 aliphatic carbocycles. The van der Waals surface area contributed by atoms with Crippen molar-refractivity contribution in [2.75, 3.05) is 0 Å². The number of aromatic nitrogens is 1. The molecule has 0 aliphatic heterocycles. The zero-order valence-corrected chi connectivity index (χ0v) is 15.1. The van der Waals surface area contributed by atoms with Gasteiger partial charge in [-0.3, -0.25) is 4.79 Å². The third-order valence-electron chi connectivity index (χ3n) is 4.72. The monoisotopic (exact) mass is 384 g/mol. The second-order valence-corrected chi connectivity index (χ2v) is 6.78. The molecular weight excluding hydrogens is 366 g/mol. The molecule has 28 heavy (non-hydrogen) atoms. The Morgan fingerprint density at radius 2 is 1.96 bits per heavy atom. The summed E-state index contributed by atoms with van der Waals surface area (Å²) in [6, 6.07) is 15.8. The average Bonchev–Trinajstić information content (AvgIpc) is 3.24. The van der Waals surface area contributed by atoms with Crippen LogP contribution in [0.25, 0.3) is 11.3 Å². The van der Waals surface area contributed by atoms with E-state index >= 15 is 0 Å². The van der Waals surface area contributed by atoms with Gasteiger partial charge in [-0.2, -0.15) is 8.78 Å². The highest BCUT2D eigenvalue weighted by molar-refractivity contribution is 5.93. The molecule has 1 fully saturated rings. The molecule has 1 heterocycles. The van der Waals surface area contributed by atoms with Crippen molar-refractivity contribution in [1.29, 1.82) is 0 Å². The van der Waals surface area contributed by atoms with Gasteiger partial charge < -0.3 is 14.6 Å². The molecule has 1 amide bonds. The average molecular weight is 384 g/mol. The minimum absolute atomic E-state index is 0.0709. The molecule has 2 aromatic carbocycles. The van der Waals surface area contributed by atoms with Gasteiger partial charge in [0.15, 0.2) is 0 Å². The number of nitrogens with one attached hydrogen (secondary N) is 1. The molecule has 144 valence electrons. The number of rotatable bonds is 6. The first-order chi connectivity index (χ1) is 13.5. The summed E-state index contributed by atoms with van der Waals surface area (Å²) in [6.07, 6.45) is 0.647. The molecule has 2 atom stereocenters. The first-order valence-corrected chi connectivity index (χ1v) is 8.89. The number of carbonyl (C=O) groups excluding carboxylic acids is 1. The van der Waals surface area contributed by atoms with Crippen molar-refractivity contribution in [3.8, 4) is 17.0 Å². The maximum Gasteiger partial charge on any atom is 0.387 e. The first kappa shape index (κ1) is 18.2. The van der Waals surface area contributed by atoms with Gasteiger partial charge in [-0.15, -0.1) is 0 Å². The van der Waals surface area contributed by atoms with E-state index in [2.05, 4.69) is 15.2 Å². The lowest BCUT2D eigenvalue weighted by molar-refractivity contribution is -0.0504. The van der Waals surface area contributed by atoms with Gasteiger partial charge in [-0.05, 0) is 25.0 Å². The predicted molar refractivity (Wildman–Crippen MR) is 98.4 cm³/mol. The largest absolute Gasteiger partial charge is 0.435 e. The van der Waals surface area contributed by atoms with Crippen LogP contribution in [0.4, 0.5) is 8.78 Å². The van der Waals surface area contributed by atoms with E-state index in [4.69, 9.17) is 4.52 Å². The number of hydrogen-bond donors (Lipinski definition) is 1. The number of halogens is 2. The van der Waals surface area contributed by atoms with Crippen LogP contribution in [0.1, 0.15) is 34.0 Å². The predicted octanol–water partition coefficient (Wildman–Crippen LogP) is 4.54. The Bertz CT molecular complexity index is 985. The van der Waals surface area contributed by atoms with Crippen LogP contribution in [-0.2, 0) is 0 Å². The fourth-order valence-electron chi connectivity index (χ4n) is 3.17. The molecular formula is C21H18F2N2O3. The normalized spacial score (nSPS) is 18.1. The van der Waals surface area contributed by atoms with Crippen LogP contribution in [-0.4, -0.2) is 23.7 Å². The van der Waals surface area contributed by atoms with Gasteiger partial charge in [0.05, 0.1) is 0 Å². The second-order valence-electron chi connectivity index (χ2n) is 6.78. The minimum Gasteiger partial charge on any atom is -0.435 e. The topological polar surface area (TPSA) is 64.4 Å². The van der Waals surface area contributed by atoms with Crippen LogP contribution in [0.5, 0.6) is 5.75 Å². The quantitative estimate of drug-likeness (QED) is 0.678. The van der Waals surface area contributed by atoms with Crippen molar-refractivity contribution in [2.24, 2.45) is 0 Å². The summed E-state index contributed by atoms with van der Waals surface area (Å²) in [5.74, 6) is -0.206. The van der Waals surface area contributed by atoms with Gasteiger partial charge in [-0.25, -0.2) is 0 Å². The highest BCUT2D eigenvalue weighted by atomic mass is 19.3. The molecule has 0 unspecified atom stereocenters. The Balaban J connectivity index is 1.42. The number of amides is 1. The molecule has 1 aliphatic rings. The molecule has 0 saturated heterocycles. The molecule has 4 rings (SSSR count). The van der Waals surface area contributed by atoms with Crippen molar-refractivity contribution in [3.63, 3.8) is 0 Å². The number of aryl methyl sites for hydroxylation is 1. The number of carbonyl (C=O) groups is 1. The molecule has 1 saturated carbocycles. The summed E-state index contributed by atoms with van der Waals surface area (Å²) < 4.78 is 34.9. The van der Waals surface area contributed by atoms with E-state index in [1.807, 2.05) is 31.2 Å². The summed E-state index contributed by atoms with van der Waals surface area (Å²) in [5.41, 5.74) is 3.22. The third kappa shape index (κ3) is 3.88. The lowest BCUT2D eigenvalue weighted by Gasteiger charge is -2.10. The Morgan fingerprint density at radius 3 is 2.71 bits per heavy atom. The van der Waals surface area contributed by atoms with E-state index in [-0.39, 0.29) is 29.4 Å². The summed E-state index contributed by atoms with van der Waals surface area (Å²) in [6.45, 7) is -0.899. The molecule has 0 radical (unpaired) electrons. The van der Waals surface area contributed by atoms with Crippen molar-refractivity contribution in [3.05, 3.63) is 71.5 Å². The van der Waals surface area contributed by atoms with Gasteiger partial charge >= 0.3 is 6.61 Å². The first-order valence-electron chi connectivity index (χ1n) is 8.89. The third-order valence-corrected chi connectivity index (χ3v) is 4.72. The minimum atomic E-state index is -2.89. The SMILES string of the molecule is Cc1ccc(-c2cc(C(=O)N[C@H]3C[C@@H]3c3ccccc3OC(F)F)on2)cc1. The van der Waals surface area contributed by atoms with Crippen molar-refractivity contribution in [1.82, 2.24) is 10.5 Å². The fourth-order valence-corrected chi connectivity index (χ4v) is 3.17. The zero-order valence-electron chi connectivity index (χ0n) is 15.1. The molecule has 7 heteroatoms. The molecule has 1 N–H and O–H groups in total. The van der Waals surface area contributed by atoms with Crippen molar-refractivity contribution >= 4 is 5.91 Å². The number of para-hydroxylation sites is 1. The Morgan fingerprint density at radius 1 is 1.21 bits per heavy atom. The van der Waals surface area contributed by atoms with Gasteiger partial charge in [-0.1, -0.05) is 53.2 Å². The highest BCUT2D eigenvalue weighted by Gasteiger charge is 2.42. The summed E-state index contributed by atoms with van der Waals surface area (Å²) in [7, 11) is 0. The molecule has 1 aromatic heterocycles. The van der Waals surface area contributed by atoms with Crippen LogP contribution in [0.15, 0.2) is 59.1 Å². The number of nitrogens with zero attached hydrogens (tertiary/aromatic N) is 1. The van der Waals surface area contributed by atoms with Gasteiger partial charge in [0.2, 0.25) is 5.76 Å². The maximum atomic E-state index is 12.6. The summed E-state index contributed by atoms with van der Waals surface area (Å²) >= 11 is 0. The van der Waals surface area contributed by atoms with Gasteiger partial charge in [0.25, 0.3) is 5.91 Å². The standard InChI is InChI=1S/C21H18F2N2O3/c1-12-6-8-13(9-7-12)16-11-19(28-25-16)20(26)24-17-10-15(17)14-4-2-3-5-18(14)27-21(22)23/h2-9,11,15,17,21H,10H2,1H3,(H,24,26)/t15-,17+/m1/s1. The number of ether oxygens (including phenoxy) is 1. The Hall–Kier alpha value is -3.22. The van der Waals surface area contributed by atoms with E-state index < -0.39 is 6.61 Å². The Labute approximate surface area is 160 Å². The summed E-state index contributed by atoms with van der Waals surface area (Å²) in [4.78, 5) is 12.4.